The van der Waals surface area contributed by atoms with Gasteiger partial charge in [0.15, 0.2) is 0 Å². The predicted octanol–water partition coefficient (Wildman–Crippen LogP) is 4.35. The van der Waals surface area contributed by atoms with Gasteiger partial charge in [0.1, 0.15) is 6.04 Å². The molecule has 26 heavy (non-hydrogen) atoms. The van der Waals surface area contributed by atoms with Crippen molar-refractivity contribution in [2.75, 3.05) is 7.05 Å². The van der Waals surface area contributed by atoms with Gasteiger partial charge in [-0.2, -0.15) is 0 Å². The van der Waals surface area contributed by atoms with Crippen molar-refractivity contribution in [3.8, 4) is 0 Å². The smallest absolute Gasteiger partial charge is 0.242 e. The van der Waals surface area contributed by atoms with Crippen LogP contribution in [0.2, 0.25) is 15.1 Å². The highest BCUT2D eigenvalue weighted by atomic mass is 35.5. The lowest BCUT2D eigenvalue weighted by Crippen LogP contribution is -2.47. The van der Waals surface area contributed by atoms with E-state index in [4.69, 9.17) is 34.8 Å². The van der Waals surface area contributed by atoms with E-state index in [1.165, 1.54) is 4.90 Å². The molecule has 2 amide bonds. The average molecular weight is 414 g/mol. The second kappa shape index (κ2) is 9.26. The topological polar surface area (TPSA) is 49.4 Å². The summed E-state index contributed by atoms with van der Waals surface area (Å²) in [7, 11) is 1.54. The Bertz CT molecular complexity index is 811. The highest BCUT2D eigenvalue weighted by Gasteiger charge is 2.25. The first kappa shape index (κ1) is 20.6. The zero-order chi connectivity index (χ0) is 19.3. The molecule has 0 unspecified atom stereocenters. The highest BCUT2D eigenvalue weighted by Crippen LogP contribution is 2.23. The second-order valence-electron chi connectivity index (χ2n) is 5.87. The number of hydrogen-bond donors (Lipinski definition) is 1. The Labute approximate surface area is 168 Å². The van der Waals surface area contributed by atoms with Crippen LogP contribution in [0, 0.1) is 0 Å². The molecular formula is C19H19Cl3N2O2. The second-order valence-corrected chi connectivity index (χ2v) is 7.12. The van der Waals surface area contributed by atoms with Crippen LogP contribution in [0.4, 0.5) is 0 Å². The summed E-state index contributed by atoms with van der Waals surface area (Å²) in [6, 6.07) is 11.6. The van der Waals surface area contributed by atoms with E-state index in [9.17, 15) is 9.59 Å². The van der Waals surface area contributed by atoms with Crippen molar-refractivity contribution in [3.05, 3.63) is 68.7 Å². The summed E-state index contributed by atoms with van der Waals surface area (Å²) in [5.41, 5.74) is 1.57. The van der Waals surface area contributed by atoms with Gasteiger partial charge in [0.2, 0.25) is 11.8 Å². The molecule has 0 aliphatic carbocycles. The SMILES string of the molecule is CNC(=O)[C@H](C)N(Cc1cccc(Cl)c1)C(=O)Cc1ccc(Cl)c(Cl)c1. The van der Waals surface area contributed by atoms with Gasteiger partial charge in [-0.3, -0.25) is 9.59 Å². The zero-order valence-corrected chi connectivity index (χ0v) is 16.7. The quantitative estimate of drug-likeness (QED) is 0.765. The molecule has 2 aromatic carbocycles. The van der Waals surface area contributed by atoms with Crippen molar-refractivity contribution in [2.45, 2.75) is 25.9 Å². The van der Waals surface area contributed by atoms with E-state index in [-0.39, 0.29) is 24.8 Å². The average Bonchev–Trinajstić information content (AvgIpc) is 2.61. The maximum atomic E-state index is 12.9. The molecule has 0 aromatic heterocycles. The fourth-order valence-electron chi connectivity index (χ4n) is 2.55. The van der Waals surface area contributed by atoms with E-state index in [2.05, 4.69) is 5.32 Å². The largest absolute Gasteiger partial charge is 0.357 e. The standard InChI is InChI=1S/C19H19Cl3N2O2/c1-12(19(26)23-2)24(11-14-4-3-5-15(20)8-14)18(25)10-13-6-7-16(21)17(22)9-13/h3-9,12H,10-11H2,1-2H3,(H,23,26)/t12-/m0/s1. The number of amides is 2. The normalized spacial score (nSPS) is 11.7. The first-order valence-electron chi connectivity index (χ1n) is 8.01. The Morgan fingerprint density at radius 3 is 2.38 bits per heavy atom. The summed E-state index contributed by atoms with van der Waals surface area (Å²) in [5, 5.41) is 3.97. The maximum Gasteiger partial charge on any atom is 0.242 e. The molecule has 138 valence electrons. The Morgan fingerprint density at radius 2 is 1.77 bits per heavy atom. The third-order valence-electron chi connectivity index (χ3n) is 4.00. The summed E-state index contributed by atoms with van der Waals surface area (Å²) >= 11 is 18.0. The van der Waals surface area contributed by atoms with Crippen LogP contribution in [-0.4, -0.2) is 29.8 Å². The van der Waals surface area contributed by atoms with Crippen LogP contribution < -0.4 is 5.32 Å². The summed E-state index contributed by atoms with van der Waals surface area (Å²) < 4.78 is 0. The van der Waals surface area contributed by atoms with Gasteiger partial charge in [-0.05, 0) is 42.3 Å². The molecule has 0 saturated carbocycles. The van der Waals surface area contributed by atoms with Gasteiger partial charge in [-0.15, -0.1) is 0 Å². The van der Waals surface area contributed by atoms with Gasteiger partial charge in [-0.1, -0.05) is 53.0 Å². The fourth-order valence-corrected chi connectivity index (χ4v) is 3.08. The van der Waals surface area contributed by atoms with Crippen LogP contribution in [0.15, 0.2) is 42.5 Å². The number of halogens is 3. The maximum absolute atomic E-state index is 12.9. The third-order valence-corrected chi connectivity index (χ3v) is 4.97. The molecule has 0 spiro atoms. The number of nitrogens with one attached hydrogen (secondary N) is 1. The number of hydrogen-bond acceptors (Lipinski definition) is 2. The molecule has 0 bridgehead atoms. The van der Waals surface area contributed by atoms with E-state index < -0.39 is 6.04 Å². The molecule has 1 atom stereocenters. The molecule has 4 nitrogen and oxygen atoms in total. The first-order chi connectivity index (χ1) is 12.3. The minimum absolute atomic E-state index is 0.110. The van der Waals surface area contributed by atoms with Crippen LogP contribution in [0.1, 0.15) is 18.1 Å². The molecule has 0 aliphatic heterocycles. The summed E-state index contributed by atoms with van der Waals surface area (Å²) in [4.78, 5) is 26.5. The van der Waals surface area contributed by atoms with Gasteiger partial charge >= 0.3 is 0 Å². The number of likely N-dealkylation sites (N-methyl/N-ethyl adjacent to an activating group) is 1. The molecule has 0 saturated heterocycles. The van der Waals surface area contributed by atoms with E-state index in [0.717, 1.165) is 11.1 Å². The lowest BCUT2D eigenvalue weighted by atomic mass is 10.1. The Kier molecular flexibility index (Phi) is 7.33. The number of nitrogens with zero attached hydrogens (tertiary/aromatic N) is 1. The van der Waals surface area contributed by atoms with Crippen molar-refractivity contribution in [1.82, 2.24) is 10.2 Å². The summed E-state index contributed by atoms with van der Waals surface area (Å²) in [6.45, 7) is 1.96. The minimum Gasteiger partial charge on any atom is -0.357 e. The number of benzene rings is 2. The lowest BCUT2D eigenvalue weighted by Gasteiger charge is -2.28. The van der Waals surface area contributed by atoms with Crippen LogP contribution in [0.5, 0.6) is 0 Å². The molecular weight excluding hydrogens is 395 g/mol. The van der Waals surface area contributed by atoms with E-state index in [1.807, 2.05) is 12.1 Å². The number of rotatable bonds is 6. The molecule has 0 aliphatic rings. The predicted molar refractivity (Wildman–Crippen MR) is 106 cm³/mol. The third kappa shape index (κ3) is 5.37. The van der Waals surface area contributed by atoms with Gasteiger partial charge in [0.25, 0.3) is 0 Å². The molecule has 2 rings (SSSR count). The van der Waals surface area contributed by atoms with Crippen molar-refractivity contribution in [1.29, 1.82) is 0 Å². The molecule has 0 heterocycles. The Balaban J connectivity index is 2.25. The summed E-state index contributed by atoms with van der Waals surface area (Å²) in [5.74, 6) is -0.436. The molecule has 0 radical (unpaired) electrons. The van der Waals surface area contributed by atoms with Gasteiger partial charge < -0.3 is 10.2 Å². The molecule has 7 heteroatoms. The first-order valence-corrected chi connectivity index (χ1v) is 9.14. The minimum atomic E-state index is -0.630. The Hall–Kier alpha value is -1.75. The lowest BCUT2D eigenvalue weighted by molar-refractivity contribution is -0.139. The van der Waals surface area contributed by atoms with E-state index in [0.29, 0.717) is 15.1 Å². The van der Waals surface area contributed by atoms with E-state index >= 15 is 0 Å². The Morgan fingerprint density at radius 1 is 1.04 bits per heavy atom. The van der Waals surface area contributed by atoms with Crippen molar-refractivity contribution >= 4 is 46.6 Å². The van der Waals surface area contributed by atoms with Gasteiger partial charge in [-0.25, -0.2) is 0 Å². The number of carbonyl (C=O) groups is 2. The molecule has 2 aromatic rings. The summed E-state index contributed by atoms with van der Waals surface area (Å²) in [6.07, 6.45) is 0.110. The van der Waals surface area contributed by atoms with Crippen LogP contribution in [0.3, 0.4) is 0 Å². The van der Waals surface area contributed by atoms with Crippen molar-refractivity contribution in [3.63, 3.8) is 0 Å². The van der Waals surface area contributed by atoms with Crippen LogP contribution >= 0.6 is 34.8 Å². The van der Waals surface area contributed by atoms with E-state index in [1.54, 1.807) is 44.3 Å². The van der Waals surface area contributed by atoms with Crippen LogP contribution in [-0.2, 0) is 22.6 Å². The monoisotopic (exact) mass is 412 g/mol. The zero-order valence-electron chi connectivity index (χ0n) is 14.4. The van der Waals surface area contributed by atoms with Crippen molar-refractivity contribution in [2.24, 2.45) is 0 Å². The molecule has 1 N–H and O–H groups in total. The van der Waals surface area contributed by atoms with Crippen molar-refractivity contribution < 1.29 is 9.59 Å². The fraction of sp³-hybridized carbons (Fsp3) is 0.263. The van der Waals surface area contributed by atoms with Gasteiger partial charge in [0, 0.05) is 18.6 Å². The van der Waals surface area contributed by atoms with Crippen LogP contribution in [0.25, 0.3) is 0 Å². The number of carbonyl (C=O) groups excluding carboxylic acids is 2. The molecule has 0 fully saturated rings. The highest BCUT2D eigenvalue weighted by molar-refractivity contribution is 6.42. The van der Waals surface area contributed by atoms with Gasteiger partial charge in [0.05, 0.1) is 16.5 Å².